The molecule has 0 bridgehead atoms. The van der Waals surface area contributed by atoms with Gasteiger partial charge in [-0.2, -0.15) is 0 Å². The van der Waals surface area contributed by atoms with Crippen molar-refractivity contribution in [2.75, 3.05) is 6.54 Å². The molecular weight excluding hydrogens is 255 g/mol. The SMILES string of the molecule is Cl.Cl.NC(N)=NCCCCC[C@H](N)C(=O)O. The number of rotatable bonds is 7. The van der Waals surface area contributed by atoms with E-state index in [1.165, 1.54) is 0 Å². The van der Waals surface area contributed by atoms with Gasteiger partial charge in [0, 0.05) is 6.54 Å². The number of halogens is 2. The quantitative estimate of drug-likeness (QED) is 0.297. The molecule has 0 aliphatic carbocycles. The second kappa shape index (κ2) is 12.4. The summed E-state index contributed by atoms with van der Waals surface area (Å²) in [5.74, 6) is -0.860. The van der Waals surface area contributed by atoms with Crippen LogP contribution in [0.3, 0.4) is 0 Å². The van der Waals surface area contributed by atoms with Crippen LogP contribution in [0, 0.1) is 0 Å². The van der Waals surface area contributed by atoms with Gasteiger partial charge in [-0.3, -0.25) is 9.79 Å². The molecule has 0 unspecified atom stereocenters. The smallest absolute Gasteiger partial charge is 0.320 e. The molecule has 0 amide bonds. The lowest BCUT2D eigenvalue weighted by Gasteiger charge is -2.04. The molecule has 0 aromatic carbocycles. The lowest BCUT2D eigenvalue weighted by Crippen LogP contribution is -2.29. The molecule has 0 aliphatic heterocycles. The number of guanidine groups is 1. The summed E-state index contributed by atoms with van der Waals surface area (Å²) in [6, 6.07) is -0.752. The highest BCUT2D eigenvalue weighted by Crippen LogP contribution is 2.02. The predicted octanol–water partition coefficient (Wildman–Crippen LogP) is 0.0757. The Morgan fingerprint density at radius 1 is 1.19 bits per heavy atom. The van der Waals surface area contributed by atoms with E-state index in [2.05, 4.69) is 4.99 Å². The highest BCUT2D eigenvalue weighted by Gasteiger charge is 2.09. The van der Waals surface area contributed by atoms with Crippen molar-refractivity contribution in [3.63, 3.8) is 0 Å². The summed E-state index contributed by atoms with van der Waals surface area (Å²) in [5, 5.41) is 8.48. The minimum Gasteiger partial charge on any atom is -0.480 e. The molecule has 0 saturated heterocycles. The van der Waals surface area contributed by atoms with Crippen molar-refractivity contribution in [3.8, 4) is 0 Å². The lowest BCUT2D eigenvalue weighted by atomic mass is 10.1. The van der Waals surface area contributed by atoms with Crippen LogP contribution in [0.1, 0.15) is 25.7 Å². The molecule has 6 nitrogen and oxygen atoms in total. The summed E-state index contributed by atoms with van der Waals surface area (Å²) in [4.78, 5) is 14.1. The zero-order chi connectivity index (χ0) is 11.0. The zero-order valence-corrected chi connectivity index (χ0v) is 10.6. The highest BCUT2D eigenvalue weighted by atomic mass is 35.5. The molecule has 7 N–H and O–H groups in total. The van der Waals surface area contributed by atoms with Crippen LogP contribution >= 0.6 is 24.8 Å². The van der Waals surface area contributed by atoms with Crippen LogP contribution in [0.15, 0.2) is 4.99 Å². The maximum Gasteiger partial charge on any atom is 0.320 e. The third kappa shape index (κ3) is 13.3. The molecule has 1 atom stereocenters. The number of aliphatic carboxylic acids is 1. The van der Waals surface area contributed by atoms with E-state index in [0.29, 0.717) is 13.0 Å². The molecule has 0 aliphatic rings. The number of nitrogens with two attached hydrogens (primary N) is 3. The van der Waals surface area contributed by atoms with Gasteiger partial charge in [-0.1, -0.05) is 12.8 Å². The Balaban J connectivity index is -0.000000845. The topological polar surface area (TPSA) is 128 Å². The molecule has 0 fully saturated rings. The summed E-state index contributed by atoms with van der Waals surface area (Å²) in [6.07, 6.45) is 3.02. The fourth-order valence-corrected chi connectivity index (χ4v) is 0.984. The first-order valence-corrected chi connectivity index (χ1v) is 4.58. The van der Waals surface area contributed by atoms with Crippen LogP contribution in [-0.2, 0) is 4.79 Å². The van der Waals surface area contributed by atoms with Gasteiger partial charge >= 0.3 is 5.97 Å². The molecule has 0 spiro atoms. The minimum atomic E-state index is -0.950. The van der Waals surface area contributed by atoms with Gasteiger partial charge in [-0.15, -0.1) is 24.8 Å². The van der Waals surface area contributed by atoms with Crippen molar-refractivity contribution in [1.29, 1.82) is 0 Å². The zero-order valence-electron chi connectivity index (χ0n) is 8.96. The van der Waals surface area contributed by atoms with Gasteiger partial charge < -0.3 is 22.3 Å². The summed E-state index contributed by atoms with van der Waals surface area (Å²) in [5.41, 5.74) is 15.6. The van der Waals surface area contributed by atoms with E-state index in [-0.39, 0.29) is 30.8 Å². The van der Waals surface area contributed by atoms with E-state index in [0.717, 1.165) is 19.3 Å². The third-order valence-corrected chi connectivity index (χ3v) is 1.78. The average Bonchev–Trinajstić information content (AvgIpc) is 2.09. The molecule has 0 aromatic heterocycles. The Morgan fingerprint density at radius 3 is 2.19 bits per heavy atom. The Bertz CT molecular complexity index is 210. The molecule has 0 rings (SSSR count). The van der Waals surface area contributed by atoms with Crippen LogP contribution in [0.4, 0.5) is 0 Å². The molecular formula is C8H20Cl2N4O2. The normalized spacial score (nSPS) is 10.6. The first-order valence-electron chi connectivity index (χ1n) is 4.58. The van der Waals surface area contributed by atoms with E-state index >= 15 is 0 Å². The Kier molecular flexibility index (Phi) is 15.9. The maximum atomic E-state index is 10.3. The third-order valence-electron chi connectivity index (χ3n) is 1.78. The number of unbranched alkanes of at least 4 members (excludes halogenated alkanes) is 2. The lowest BCUT2D eigenvalue weighted by molar-refractivity contribution is -0.138. The van der Waals surface area contributed by atoms with Crippen molar-refractivity contribution < 1.29 is 9.90 Å². The van der Waals surface area contributed by atoms with Crippen molar-refractivity contribution in [1.82, 2.24) is 0 Å². The van der Waals surface area contributed by atoms with Crippen LogP contribution in [0.2, 0.25) is 0 Å². The van der Waals surface area contributed by atoms with Crippen molar-refractivity contribution >= 4 is 36.7 Å². The number of hydrogen-bond donors (Lipinski definition) is 4. The van der Waals surface area contributed by atoms with Gasteiger partial charge in [0.15, 0.2) is 5.96 Å². The van der Waals surface area contributed by atoms with E-state index in [1.807, 2.05) is 0 Å². The fourth-order valence-electron chi connectivity index (χ4n) is 0.984. The first kappa shape index (κ1) is 20.7. The summed E-state index contributed by atoms with van der Waals surface area (Å²) >= 11 is 0. The van der Waals surface area contributed by atoms with E-state index < -0.39 is 12.0 Å². The summed E-state index contributed by atoms with van der Waals surface area (Å²) in [6.45, 7) is 0.588. The number of nitrogens with zero attached hydrogens (tertiary/aromatic N) is 1. The molecule has 0 saturated carbocycles. The second-order valence-electron chi connectivity index (χ2n) is 3.10. The molecule has 16 heavy (non-hydrogen) atoms. The van der Waals surface area contributed by atoms with E-state index in [9.17, 15) is 4.79 Å². The molecule has 0 heterocycles. The predicted molar refractivity (Wildman–Crippen MR) is 69.3 cm³/mol. The van der Waals surface area contributed by atoms with E-state index in [1.54, 1.807) is 0 Å². The minimum absolute atomic E-state index is 0. The molecule has 98 valence electrons. The number of hydrogen-bond acceptors (Lipinski definition) is 3. The monoisotopic (exact) mass is 274 g/mol. The Labute approximate surface area is 107 Å². The fraction of sp³-hybridized carbons (Fsp3) is 0.750. The van der Waals surface area contributed by atoms with Gasteiger partial charge in [-0.25, -0.2) is 0 Å². The summed E-state index contributed by atoms with van der Waals surface area (Å²) in [7, 11) is 0. The van der Waals surface area contributed by atoms with Gasteiger partial charge in [0.2, 0.25) is 0 Å². The van der Waals surface area contributed by atoms with Gasteiger partial charge in [0.1, 0.15) is 6.04 Å². The van der Waals surface area contributed by atoms with Crippen molar-refractivity contribution in [2.24, 2.45) is 22.2 Å². The van der Waals surface area contributed by atoms with Crippen LogP contribution in [0.5, 0.6) is 0 Å². The number of aliphatic imine (C=N–C) groups is 1. The molecule has 0 aromatic rings. The standard InChI is InChI=1S/C8H18N4O2.2ClH/c9-6(7(13)14)4-2-1-3-5-12-8(10)11;;/h6H,1-5,9H2,(H,13,14)(H4,10,11,12);2*1H/t6-;;/m0../s1. The van der Waals surface area contributed by atoms with Gasteiger partial charge in [-0.05, 0) is 12.8 Å². The van der Waals surface area contributed by atoms with Gasteiger partial charge in [0.25, 0.3) is 0 Å². The average molecular weight is 275 g/mol. The summed E-state index contributed by atoms with van der Waals surface area (Å²) < 4.78 is 0. The molecule has 8 heteroatoms. The second-order valence-corrected chi connectivity index (χ2v) is 3.10. The molecule has 0 radical (unpaired) electrons. The first-order chi connectivity index (χ1) is 6.54. The number of carboxylic acids is 1. The van der Waals surface area contributed by atoms with Gasteiger partial charge in [0.05, 0.1) is 0 Å². The van der Waals surface area contributed by atoms with E-state index in [4.69, 9.17) is 22.3 Å². The van der Waals surface area contributed by atoms with Crippen LogP contribution in [0.25, 0.3) is 0 Å². The van der Waals surface area contributed by atoms with Crippen molar-refractivity contribution in [3.05, 3.63) is 0 Å². The number of carbonyl (C=O) groups is 1. The highest BCUT2D eigenvalue weighted by molar-refractivity contribution is 5.85. The maximum absolute atomic E-state index is 10.3. The van der Waals surface area contributed by atoms with Crippen LogP contribution < -0.4 is 17.2 Å². The largest absolute Gasteiger partial charge is 0.480 e. The number of carboxylic acid groups (broad SMARTS) is 1. The van der Waals surface area contributed by atoms with Crippen LogP contribution in [-0.4, -0.2) is 29.6 Å². The Morgan fingerprint density at radius 2 is 1.75 bits per heavy atom. The van der Waals surface area contributed by atoms with Crippen molar-refractivity contribution in [2.45, 2.75) is 31.7 Å². The Hall–Kier alpha value is -0.720.